The zero-order valence-electron chi connectivity index (χ0n) is 9.39. The van der Waals surface area contributed by atoms with Gasteiger partial charge in [-0.05, 0) is 38.4 Å². The van der Waals surface area contributed by atoms with Gasteiger partial charge in [-0.1, -0.05) is 34.1 Å². The van der Waals surface area contributed by atoms with Gasteiger partial charge in [0.25, 0.3) is 0 Å². The van der Waals surface area contributed by atoms with Crippen LogP contribution in [0.5, 0.6) is 0 Å². The maximum Gasteiger partial charge on any atom is 0.0223 e. The maximum absolute atomic E-state index is 5.87. The Labute approximate surface area is 100 Å². The van der Waals surface area contributed by atoms with E-state index in [1.165, 1.54) is 10.0 Å². The summed E-state index contributed by atoms with van der Waals surface area (Å²) in [6, 6.07) is 8.30. The molecule has 0 saturated carbocycles. The number of rotatable bonds is 5. The van der Waals surface area contributed by atoms with E-state index in [0.29, 0.717) is 0 Å². The zero-order valence-corrected chi connectivity index (χ0v) is 11.0. The molecule has 0 aliphatic carbocycles. The Kier molecular flexibility index (Phi) is 4.77. The van der Waals surface area contributed by atoms with Gasteiger partial charge < -0.3 is 11.1 Å². The van der Waals surface area contributed by atoms with Gasteiger partial charge in [0.2, 0.25) is 0 Å². The van der Waals surface area contributed by atoms with E-state index in [1.54, 1.807) is 0 Å². The summed E-state index contributed by atoms with van der Waals surface area (Å²) in [7, 11) is 0. The number of benzene rings is 1. The van der Waals surface area contributed by atoms with Crippen LogP contribution in [-0.2, 0) is 6.42 Å². The standard InChI is InChI=1S/C12H19BrN2/c1-12(2,14)9-15-8-7-10-5-3-4-6-11(10)13/h3-6,15H,7-9,14H2,1-2H3. The maximum atomic E-state index is 5.87. The molecule has 0 heterocycles. The molecule has 0 fully saturated rings. The average Bonchev–Trinajstić information content (AvgIpc) is 2.13. The van der Waals surface area contributed by atoms with Crippen LogP contribution < -0.4 is 11.1 Å². The topological polar surface area (TPSA) is 38.0 Å². The van der Waals surface area contributed by atoms with E-state index < -0.39 is 0 Å². The number of nitrogens with one attached hydrogen (secondary N) is 1. The molecule has 1 aromatic carbocycles. The van der Waals surface area contributed by atoms with Gasteiger partial charge in [0.15, 0.2) is 0 Å². The van der Waals surface area contributed by atoms with E-state index in [0.717, 1.165) is 19.5 Å². The number of hydrogen-bond acceptors (Lipinski definition) is 2. The van der Waals surface area contributed by atoms with Gasteiger partial charge in [-0.15, -0.1) is 0 Å². The molecule has 0 unspecified atom stereocenters. The molecule has 0 amide bonds. The van der Waals surface area contributed by atoms with Crippen molar-refractivity contribution in [3.8, 4) is 0 Å². The largest absolute Gasteiger partial charge is 0.324 e. The molecule has 1 rings (SSSR count). The summed E-state index contributed by atoms with van der Waals surface area (Å²) >= 11 is 3.54. The van der Waals surface area contributed by atoms with E-state index >= 15 is 0 Å². The Hall–Kier alpha value is -0.380. The van der Waals surface area contributed by atoms with Crippen LogP contribution in [-0.4, -0.2) is 18.6 Å². The van der Waals surface area contributed by atoms with Crippen molar-refractivity contribution in [2.24, 2.45) is 5.73 Å². The Morgan fingerprint density at radius 3 is 2.60 bits per heavy atom. The summed E-state index contributed by atoms with van der Waals surface area (Å²) in [6.07, 6.45) is 1.03. The molecule has 0 spiro atoms. The smallest absolute Gasteiger partial charge is 0.0223 e. The quantitative estimate of drug-likeness (QED) is 0.806. The molecule has 0 aliphatic heterocycles. The Balaban J connectivity index is 2.30. The van der Waals surface area contributed by atoms with Crippen LogP contribution in [0.3, 0.4) is 0 Å². The summed E-state index contributed by atoms with van der Waals surface area (Å²) in [5.74, 6) is 0. The minimum absolute atomic E-state index is 0.131. The van der Waals surface area contributed by atoms with Crippen molar-refractivity contribution in [2.75, 3.05) is 13.1 Å². The SMILES string of the molecule is CC(C)(N)CNCCc1ccccc1Br. The summed E-state index contributed by atoms with van der Waals surface area (Å²) in [4.78, 5) is 0. The molecule has 15 heavy (non-hydrogen) atoms. The second-order valence-corrected chi connectivity index (χ2v) is 5.36. The van der Waals surface area contributed by atoms with Crippen LogP contribution >= 0.6 is 15.9 Å². The molecule has 0 aliphatic rings. The highest BCUT2D eigenvalue weighted by Crippen LogP contribution is 2.15. The minimum Gasteiger partial charge on any atom is -0.324 e. The Bertz CT molecular complexity index is 305. The molecule has 1 aromatic rings. The van der Waals surface area contributed by atoms with Crippen molar-refractivity contribution in [1.29, 1.82) is 0 Å². The second kappa shape index (κ2) is 5.64. The molecular formula is C12H19BrN2. The number of hydrogen-bond donors (Lipinski definition) is 2. The Morgan fingerprint density at radius 1 is 1.33 bits per heavy atom. The Morgan fingerprint density at radius 2 is 2.00 bits per heavy atom. The average molecular weight is 271 g/mol. The van der Waals surface area contributed by atoms with Crippen LogP contribution in [0, 0.1) is 0 Å². The van der Waals surface area contributed by atoms with Gasteiger partial charge in [0.05, 0.1) is 0 Å². The molecule has 0 saturated heterocycles. The fourth-order valence-electron chi connectivity index (χ4n) is 1.33. The molecule has 84 valence electrons. The van der Waals surface area contributed by atoms with Gasteiger partial charge in [-0.3, -0.25) is 0 Å². The monoisotopic (exact) mass is 270 g/mol. The molecular weight excluding hydrogens is 252 g/mol. The van der Waals surface area contributed by atoms with E-state index in [9.17, 15) is 0 Å². The molecule has 0 aromatic heterocycles. The van der Waals surface area contributed by atoms with Crippen molar-refractivity contribution in [2.45, 2.75) is 25.8 Å². The third kappa shape index (κ3) is 5.30. The van der Waals surface area contributed by atoms with Crippen LogP contribution in [0.4, 0.5) is 0 Å². The first-order valence-corrected chi connectivity index (χ1v) is 6.01. The van der Waals surface area contributed by atoms with Crippen molar-refractivity contribution in [1.82, 2.24) is 5.32 Å². The van der Waals surface area contributed by atoms with Gasteiger partial charge in [-0.2, -0.15) is 0 Å². The summed E-state index contributed by atoms with van der Waals surface area (Å²) < 4.78 is 1.18. The highest BCUT2D eigenvalue weighted by Gasteiger charge is 2.08. The van der Waals surface area contributed by atoms with E-state index in [2.05, 4.69) is 39.4 Å². The van der Waals surface area contributed by atoms with Gasteiger partial charge in [0.1, 0.15) is 0 Å². The first-order chi connectivity index (χ1) is 6.99. The van der Waals surface area contributed by atoms with Crippen LogP contribution in [0.1, 0.15) is 19.4 Å². The van der Waals surface area contributed by atoms with E-state index in [-0.39, 0.29) is 5.54 Å². The first kappa shape index (κ1) is 12.7. The molecule has 0 bridgehead atoms. The lowest BCUT2D eigenvalue weighted by molar-refractivity contribution is 0.469. The lowest BCUT2D eigenvalue weighted by atomic mass is 10.1. The fourth-order valence-corrected chi connectivity index (χ4v) is 1.82. The highest BCUT2D eigenvalue weighted by molar-refractivity contribution is 9.10. The summed E-state index contributed by atoms with van der Waals surface area (Å²) in [5.41, 5.74) is 7.08. The van der Waals surface area contributed by atoms with Crippen LogP contribution in [0.15, 0.2) is 28.7 Å². The minimum atomic E-state index is -0.131. The van der Waals surface area contributed by atoms with Gasteiger partial charge >= 0.3 is 0 Å². The zero-order chi connectivity index (χ0) is 11.3. The van der Waals surface area contributed by atoms with Gasteiger partial charge in [0, 0.05) is 16.6 Å². The normalized spacial score (nSPS) is 11.7. The van der Waals surface area contributed by atoms with E-state index in [1.807, 2.05) is 19.9 Å². The summed E-state index contributed by atoms with van der Waals surface area (Å²) in [6.45, 7) is 5.86. The van der Waals surface area contributed by atoms with Gasteiger partial charge in [-0.25, -0.2) is 0 Å². The lowest BCUT2D eigenvalue weighted by Crippen LogP contribution is -2.43. The first-order valence-electron chi connectivity index (χ1n) is 5.22. The van der Waals surface area contributed by atoms with Crippen LogP contribution in [0.25, 0.3) is 0 Å². The molecule has 2 nitrogen and oxygen atoms in total. The van der Waals surface area contributed by atoms with Crippen molar-refractivity contribution < 1.29 is 0 Å². The fraction of sp³-hybridized carbons (Fsp3) is 0.500. The number of halogens is 1. The summed E-state index contributed by atoms with van der Waals surface area (Å²) in [5, 5.41) is 3.36. The molecule has 0 radical (unpaired) electrons. The van der Waals surface area contributed by atoms with E-state index in [4.69, 9.17) is 5.73 Å². The lowest BCUT2D eigenvalue weighted by Gasteiger charge is -2.19. The molecule has 3 heteroatoms. The predicted octanol–water partition coefficient (Wildman–Crippen LogP) is 2.32. The van der Waals surface area contributed by atoms with Crippen LogP contribution in [0.2, 0.25) is 0 Å². The highest BCUT2D eigenvalue weighted by atomic mass is 79.9. The third-order valence-electron chi connectivity index (χ3n) is 2.11. The van der Waals surface area contributed by atoms with Crippen molar-refractivity contribution in [3.05, 3.63) is 34.3 Å². The third-order valence-corrected chi connectivity index (χ3v) is 2.88. The van der Waals surface area contributed by atoms with Crippen molar-refractivity contribution >= 4 is 15.9 Å². The molecule has 3 N–H and O–H groups in total. The van der Waals surface area contributed by atoms with Crippen molar-refractivity contribution in [3.63, 3.8) is 0 Å². The number of nitrogens with two attached hydrogens (primary N) is 1. The second-order valence-electron chi connectivity index (χ2n) is 4.51. The predicted molar refractivity (Wildman–Crippen MR) is 69.0 cm³/mol. The molecule has 0 atom stereocenters.